The Balaban J connectivity index is 1.45. The average molecular weight is 373 g/mol. The van der Waals surface area contributed by atoms with Gasteiger partial charge in [-0.1, -0.05) is 0 Å². The number of anilines is 1. The first-order chi connectivity index (χ1) is 12.9. The Morgan fingerprint density at radius 2 is 1.63 bits per heavy atom. The van der Waals surface area contributed by atoms with Crippen molar-refractivity contribution in [3.8, 4) is 0 Å². The molecule has 2 aliphatic rings. The molecule has 1 aliphatic carbocycles. The second kappa shape index (κ2) is 8.28. The highest BCUT2D eigenvalue weighted by molar-refractivity contribution is 5.95. The van der Waals surface area contributed by atoms with E-state index in [1.165, 1.54) is 0 Å². The van der Waals surface area contributed by atoms with Gasteiger partial charge in [-0.25, -0.2) is 4.79 Å². The zero-order valence-corrected chi connectivity index (χ0v) is 15.4. The normalized spacial score (nSPS) is 23.0. The number of nitrogens with two attached hydrogens (primary N) is 1. The fourth-order valence-corrected chi connectivity index (χ4v) is 3.77. The van der Waals surface area contributed by atoms with Crippen LogP contribution in [0.15, 0.2) is 24.3 Å². The fraction of sp³-hybridized carbons (Fsp3) is 0.526. The van der Waals surface area contributed by atoms with Crippen molar-refractivity contribution in [3.05, 3.63) is 29.8 Å². The fourth-order valence-electron chi connectivity index (χ4n) is 3.77. The molecule has 8 heteroatoms. The predicted molar refractivity (Wildman–Crippen MR) is 103 cm³/mol. The Labute approximate surface area is 158 Å². The van der Waals surface area contributed by atoms with Crippen molar-refractivity contribution >= 4 is 23.5 Å². The van der Waals surface area contributed by atoms with Crippen LogP contribution < -0.4 is 16.0 Å². The first-order valence-corrected chi connectivity index (χ1v) is 9.41. The number of amides is 2. The molecule has 2 fully saturated rings. The van der Waals surface area contributed by atoms with Crippen LogP contribution in [-0.2, 0) is 4.79 Å². The molecule has 0 atom stereocenters. The molecule has 1 heterocycles. The number of aliphatic carboxylic acids is 1. The molecule has 1 aromatic rings. The Hall–Kier alpha value is -2.77. The van der Waals surface area contributed by atoms with Gasteiger partial charge in [-0.2, -0.15) is 0 Å². The molecule has 0 aromatic heterocycles. The first-order valence-electron chi connectivity index (χ1n) is 9.41. The van der Waals surface area contributed by atoms with Crippen molar-refractivity contribution in [1.29, 1.82) is 5.41 Å². The molecule has 1 saturated heterocycles. The number of benzene rings is 1. The van der Waals surface area contributed by atoms with Crippen molar-refractivity contribution in [2.45, 2.75) is 31.7 Å². The van der Waals surface area contributed by atoms with Gasteiger partial charge in [0, 0.05) is 43.5 Å². The number of urea groups is 1. The first kappa shape index (κ1) is 19.0. The lowest BCUT2D eigenvalue weighted by Crippen LogP contribution is -2.54. The van der Waals surface area contributed by atoms with Crippen LogP contribution in [0, 0.1) is 11.3 Å². The standard InChI is InChI=1S/C19H27N5O3/c20-17(21)13-3-7-16(8-4-13)23-9-11-24(12-10-23)19(27)22-15-5-1-14(2-6-15)18(25)26/h3-4,7-8,14-15H,1-2,5-6,9-12H2,(H3,20,21)(H,22,27)(H,25,26). The smallest absolute Gasteiger partial charge is 0.317 e. The van der Waals surface area contributed by atoms with Gasteiger partial charge in [-0.15, -0.1) is 0 Å². The van der Waals surface area contributed by atoms with E-state index < -0.39 is 5.97 Å². The van der Waals surface area contributed by atoms with Crippen LogP contribution in [0.2, 0.25) is 0 Å². The highest BCUT2D eigenvalue weighted by Gasteiger charge is 2.28. The van der Waals surface area contributed by atoms with E-state index in [4.69, 9.17) is 16.2 Å². The monoisotopic (exact) mass is 373 g/mol. The van der Waals surface area contributed by atoms with E-state index in [-0.39, 0.29) is 23.8 Å². The quantitative estimate of drug-likeness (QED) is 0.470. The van der Waals surface area contributed by atoms with Crippen LogP contribution in [0.1, 0.15) is 31.2 Å². The molecule has 146 valence electrons. The number of hydrogen-bond donors (Lipinski definition) is 4. The number of nitrogens with one attached hydrogen (secondary N) is 2. The average Bonchev–Trinajstić information content (AvgIpc) is 2.68. The number of hydrogen-bond acceptors (Lipinski definition) is 4. The van der Waals surface area contributed by atoms with Gasteiger partial charge in [0.15, 0.2) is 0 Å². The van der Waals surface area contributed by atoms with Crippen molar-refractivity contribution in [2.24, 2.45) is 11.7 Å². The summed E-state index contributed by atoms with van der Waals surface area (Å²) in [5.74, 6) is -0.941. The number of nitrogens with zero attached hydrogens (tertiary/aromatic N) is 2. The lowest BCUT2D eigenvalue weighted by molar-refractivity contribution is -0.142. The van der Waals surface area contributed by atoms with Gasteiger partial charge >= 0.3 is 12.0 Å². The summed E-state index contributed by atoms with van der Waals surface area (Å²) < 4.78 is 0. The number of piperazine rings is 1. The maximum atomic E-state index is 12.5. The van der Waals surface area contributed by atoms with E-state index in [1.807, 2.05) is 29.2 Å². The number of carboxylic acids is 1. The van der Waals surface area contributed by atoms with Gasteiger partial charge in [0.25, 0.3) is 0 Å². The van der Waals surface area contributed by atoms with Gasteiger partial charge in [0.1, 0.15) is 5.84 Å². The molecule has 8 nitrogen and oxygen atoms in total. The Bertz CT molecular complexity index is 690. The van der Waals surface area contributed by atoms with Gasteiger partial charge in [0.2, 0.25) is 0 Å². The maximum absolute atomic E-state index is 12.5. The third-order valence-electron chi connectivity index (χ3n) is 5.51. The lowest BCUT2D eigenvalue weighted by Gasteiger charge is -2.37. The molecule has 0 spiro atoms. The second-order valence-electron chi connectivity index (χ2n) is 7.27. The molecule has 1 aromatic carbocycles. The molecule has 0 bridgehead atoms. The topological polar surface area (TPSA) is 123 Å². The molecular weight excluding hydrogens is 346 g/mol. The van der Waals surface area contributed by atoms with E-state index in [9.17, 15) is 9.59 Å². The molecule has 0 radical (unpaired) electrons. The predicted octanol–water partition coefficient (Wildman–Crippen LogP) is 1.45. The summed E-state index contributed by atoms with van der Waals surface area (Å²) in [6, 6.07) is 7.60. The van der Waals surface area contributed by atoms with Crippen LogP contribution in [0.5, 0.6) is 0 Å². The largest absolute Gasteiger partial charge is 0.481 e. The third kappa shape index (κ3) is 4.69. The highest BCUT2D eigenvalue weighted by Crippen LogP contribution is 2.24. The van der Waals surface area contributed by atoms with Crippen LogP contribution in [0.25, 0.3) is 0 Å². The number of carbonyl (C=O) groups excluding carboxylic acids is 1. The minimum atomic E-state index is -0.729. The SMILES string of the molecule is N=C(N)c1ccc(N2CCN(C(=O)NC3CCC(C(=O)O)CC3)CC2)cc1. The Morgan fingerprint density at radius 3 is 2.15 bits per heavy atom. The minimum absolute atomic E-state index is 0.0552. The summed E-state index contributed by atoms with van der Waals surface area (Å²) in [5.41, 5.74) is 7.25. The minimum Gasteiger partial charge on any atom is -0.481 e. The van der Waals surface area contributed by atoms with Crippen molar-refractivity contribution in [1.82, 2.24) is 10.2 Å². The van der Waals surface area contributed by atoms with Crippen LogP contribution in [-0.4, -0.2) is 60.1 Å². The van der Waals surface area contributed by atoms with Gasteiger partial charge in [0.05, 0.1) is 5.92 Å². The van der Waals surface area contributed by atoms with E-state index in [1.54, 1.807) is 0 Å². The molecule has 27 heavy (non-hydrogen) atoms. The van der Waals surface area contributed by atoms with Gasteiger partial charge < -0.3 is 26.0 Å². The van der Waals surface area contributed by atoms with Crippen LogP contribution in [0.3, 0.4) is 0 Å². The molecular formula is C19H27N5O3. The van der Waals surface area contributed by atoms with E-state index in [2.05, 4.69) is 10.2 Å². The number of rotatable bonds is 4. The zero-order valence-electron chi connectivity index (χ0n) is 15.4. The van der Waals surface area contributed by atoms with Crippen molar-refractivity contribution < 1.29 is 14.7 Å². The summed E-state index contributed by atoms with van der Waals surface area (Å²) in [7, 11) is 0. The van der Waals surface area contributed by atoms with Gasteiger partial charge in [-0.3, -0.25) is 10.2 Å². The molecule has 3 rings (SSSR count). The molecule has 1 saturated carbocycles. The molecule has 1 aliphatic heterocycles. The van der Waals surface area contributed by atoms with Crippen LogP contribution >= 0.6 is 0 Å². The van der Waals surface area contributed by atoms with Crippen molar-refractivity contribution in [2.75, 3.05) is 31.1 Å². The zero-order chi connectivity index (χ0) is 19.4. The van der Waals surface area contributed by atoms with E-state index in [0.717, 1.165) is 31.6 Å². The summed E-state index contributed by atoms with van der Waals surface area (Å²) in [4.78, 5) is 27.5. The van der Waals surface area contributed by atoms with E-state index >= 15 is 0 Å². The summed E-state index contributed by atoms with van der Waals surface area (Å²) >= 11 is 0. The molecule has 2 amide bonds. The highest BCUT2D eigenvalue weighted by atomic mass is 16.4. The molecule has 0 unspecified atom stereocenters. The number of carbonyl (C=O) groups is 2. The summed E-state index contributed by atoms with van der Waals surface area (Å²) in [5, 5.41) is 19.6. The molecule has 5 N–H and O–H groups in total. The Morgan fingerprint density at radius 1 is 1.04 bits per heavy atom. The van der Waals surface area contributed by atoms with Crippen molar-refractivity contribution in [3.63, 3.8) is 0 Å². The number of carboxylic acid groups (broad SMARTS) is 1. The second-order valence-corrected chi connectivity index (χ2v) is 7.27. The number of amidine groups is 1. The lowest BCUT2D eigenvalue weighted by atomic mass is 9.86. The van der Waals surface area contributed by atoms with E-state index in [0.29, 0.717) is 31.5 Å². The number of nitrogen functional groups attached to an aromatic ring is 1. The summed E-state index contributed by atoms with van der Waals surface area (Å²) in [6.45, 7) is 2.78. The maximum Gasteiger partial charge on any atom is 0.317 e. The van der Waals surface area contributed by atoms with Gasteiger partial charge in [-0.05, 0) is 49.9 Å². The van der Waals surface area contributed by atoms with Crippen LogP contribution in [0.4, 0.5) is 10.5 Å². The third-order valence-corrected chi connectivity index (χ3v) is 5.51. The Kier molecular flexibility index (Phi) is 5.83. The summed E-state index contributed by atoms with van der Waals surface area (Å²) in [6.07, 6.45) is 2.71.